The summed E-state index contributed by atoms with van der Waals surface area (Å²) in [6.07, 6.45) is -4.34. The fourth-order valence-electron chi connectivity index (χ4n) is 2.68. The Labute approximate surface area is 152 Å². The Balaban J connectivity index is 0.00000264. The number of nitrogens with one attached hydrogen (secondary N) is 1. The van der Waals surface area contributed by atoms with Crippen molar-refractivity contribution in [1.29, 1.82) is 0 Å². The SMILES string of the molecule is CCOc1ccc([C@H](N2CCNCC2)C(F)(F)F)cc1OC.Cl.Cl. The molecule has 2 rings (SSSR count). The van der Waals surface area contributed by atoms with E-state index in [0.29, 0.717) is 44.3 Å². The van der Waals surface area contributed by atoms with E-state index in [9.17, 15) is 13.2 Å². The minimum absolute atomic E-state index is 0. The van der Waals surface area contributed by atoms with Crippen LogP contribution in [0.1, 0.15) is 18.5 Å². The monoisotopic (exact) mass is 390 g/mol. The largest absolute Gasteiger partial charge is 0.493 e. The van der Waals surface area contributed by atoms with E-state index < -0.39 is 12.2 Å². The second-order valence-electron chi connectivity index (χ2n) is 5.07. The Morgan fingerprint density at radius 1 is 1.17 bits per heavy atom. The van der Waals surface area contributed by atoms with Gasteiger partial charge in [0.25, 0.3) is 0 Å². The van der Waals surface area contributed by atoms with Gasteiger partial charge in [-0.3, -0.25) is 4.90 Å². The molecule has 140 valence electrons. The zero-order chi connectivity index (χ0) is 16.2. The van der Waals surface area contributed by atoms with Crippen LogP contribution in [0, 0.1) is 0 Å². The van der Waals surface area contributed by atoms with E-state index in [-0.39, 0.29) is 30.4 Å². The van der Waals surface area contributed by atoms with E-state index in [1.807, 2.05) is 6.92 Å². The van der Waals surface area contributed by atoms with Crippen LogP contribution in [0.4, 0.5) is 13.2 Å². The predicted octanol–water partition coefficient (Wildman–Crippen LogP) is 3.45. The van der Waals surface area contributed by atoms with Crippen LogP contribution in [0.2, 0.25) is 0 Å². The number of alkyl halides is 3. The highest BCUT2D eigenvalue weighted by atomic mass is 35.5. The molecule has 4 nitrogen and oxygen atoms in total. The molecule has 1 atom stereocenters. The smallest absolute Gasteiger partial charge is 0.408 e. The van der Waals surface area contributed by atoms with Crippen LogP contribution in [-0.2, 0) is 0 Å². The average molecular weight is 391 g/mol. The predicted molar refractivity (Wildman–Crippen MR) is 91.9 cm³/mol. The van der Waals surface area contributed by atoms with Gasteiger partial charge in [0.2, 0.25) is 0 Å². The second kappa shape index (κ2) is 10.2. The number of rotatable bonds is 5. The molecule has 0 unspecified atom stereocenters. The van der Waals surface area contributed by atoms with Crippen molar-refractivity contribution in [1.82, 2.24) is 10.2 Å². The minimum atomic E-state index is -4.34. The summed E-state index contributed by atoms with van der Waals surface area (Å²) in [5, 5.41) is 3.07. The second-order valence-corrected chi connectivity index (χ2v) is 5.07. The maximum absolute atomic E-state index is 13.5. The molecule has 0 aliphatic carbocycles. The van der Waals surface area contributed by atoms with Crippen molar-refractivity contribution >= 4 is 24.8 Å². The number of halogens is 5. The summed E-state index contributed by atoms with van der Waals surface area (Å²) >= 11 is 0. The molecule has 24 heavy (non-hydrogen) atoms. The molecule has 0 aromatic heterocycles. The summed E-state index contributed by atoms with van der Waals surface area (Å²) in [5.74, 6) is 0.777. The van der Waals surface area contributed by atoms with Gasteiger partial charge < -0.3 is 14.8 Å². The van der Waals surface area contributed by atoms with Gasteiger partial charge in [-0.15, -0.1) is 24.8 Å². The molecular formula is C15H23Cl2F3N2O2. The quantitative estimate of drug-likeness (QED) is 0.834. The van der Waals surface area contributed by atoms with Gasteiger partial charge in [0.15, 0.2) is 11.5 Å². The molecule has 9 heteroatoms. The van der Waals surface area contributed by atoms with Crippen molar-refractivity contribution in [2.45, 2.75) is 19.1 Å². The van der Waals surface area contributed by atoms with E-state index in [4.69, 9.17) is 9.47 Å². The van der Waals surface area contributed by atoms with Crippen LogP contribution in [-0.4, -0.2) is 51.0 Å². The maximum atomic E-state index is 13.5. The summed E-state index contributed by atoms with van der Waals surface area (Å²) < 4.78 is 51.2. The standard InChI is InChI=1S/C15H21F3N2O2.2ClH/c1-3-22-12-5-4-11(10-13(12)21-2)14(15(16,17)18)20-8-6-19-7-9-20;;/h4-5,10,14,19H,3,6-9H2,1-2H3;2*1H/t14-;;/m0../s1. The Kier molecular flexibility index (Phi) is 9.80. The fourth-order valence-corrected chi connectivity index (χ4v) is 2.68. The minimum Gasteiger partial charge on any atom is -0.493 e. The lowest BCUT2D eigenvalue weighted by molar-refractivity contribution is -0.187. The molecule has 0 bridgehead atoms. The third kappa shape index (κ3) is 5.58. The zero-order valence-corrected chi connectivity index (χ0v) is 15.2. The molecule has 0 amide bonds. The van der Waals surface area contributed by atoms with Crippen LogP contribution in [0.3, 0.4) is 0 Å². The lowest BCUT2D eigenvalue weighted by Gasteiger charge is -2.36. The molecule has 1 heterocycles. The molecule has 1 aromatic carbocycles. The zero-order valence-electron chi connectivity index (χ0n) is 13.6. The van der Waals surface area contributed by atoms with E-state index in [1.165, 1.54) is 24.1 Å². The van der Waals surface area contributed by atoms with E-state index >= 15 is 0 Å². The van der Waals surface area contributed by atoms with Gasteiger partial charge in [0.05, 0.1) is 13.7 Å². The van der Waals surface area contributed by atoms with Crippen LogP contribution in [0.5, 0.6) is 11.5 Å². The number of hydrogen-bond donors (Lipinski definition) is 1. The lowest BCUT2D eigenvalue weighted by Crippen LogP contribution is -2.49. The number of hydrogen-bond acceptors (Lipinski definition) is 4. The molecule has 1 aliphatic heterocycles. The van der Waals surface area contributed by atoms with Crippen molar-refractivity contribution in [3.05, 3.63) is 23.8 Å². The first kappa shape index (κ1) is 23.1. The Hall–Kier alpha value is -0.890. The van der Waals surface area contributed by atoms with Gasteiger partial charge in [0, 0.05) is 26.2 Å². The van der Waals surface area contributed by atoms with Crippen LogP contribution in [0.15, 0.2) is 18.2 Å². The summed E-state index contributed by atoms with van der Waals surface area (Å²) in [7, 11) is 1.43. The molecule has 0 saturated carbocycles. The molecule has 1 aliphatic rings. The van der Waals surface area contributed by atoms with E-state index in [1.54, 1.807) is 6.07 Å². The molecule has 1 saturated heterocycles. The Bertz CT molecular complexity index is 498. The molecule has 1 N–H and O–H groups in total. The number of methoxy groups -OCH3 is 1. The first-order valence-corrected chi connectivity index (χ1v) is 7.29. The van der Waals surface area contributed by atoms with Crippen LogP contribution >= 0.6 is 24.8 Å². The number of benzene rings is 1. The van der Waals surface area contributed by atoms with Crippen molar-refractivity contribution in [2.75, 3.05) is 39.9 Å². The normalized spacial score (nSPS) is 16.5. The van der Waals surface area contributed by atoms with Crippen LogP contribution < -0.4 is 14.8 Å². The third-order valence-corrected chi connectivity index (χ3v) is 3.63. The number of nitrogens with zero attached hydrogens (tertiary/aromatic N) is 1. The Morgan fingerprint density at radius 2 is 1.79 bits per heavy atom. The molecule has 0 spiro atoms. The van der Waals surface area contributed by atoms with E-state index in [0.717, 1.165) is 0 Å². The van der Waals surface area contributed by atoms with Crippen molar-refractivity contribution in [2.24, 2.45) is 0 Å². The van der Waals surface area contributed by atoms with Crippen molar-refractivity contribution in [3.8, 4) is 11.5 Å². The maximum Gasteiger partial charge on any atom is 0.408 e. The van der Waals surface area contributed by atoms with Crippen molar-refractivity contribution < 1.29 is 22.6 Å². The summed E-state index contributed by atoms with van der Waals surface area (Å²) in [6, 6.07) is 2.80. The lowest BCUT2D eigenvalue weighted by atomic mass is 10.0. The molecular weight excluding hydrogens is 368 g/mol. The summed E-state index contributed by atoms with van der Waals surface area (Å²) in [5.41, 5.74) is 0.176. The highest BCUT2D eigenvalue weighted by Crippen LogP contribution is 2.40. The van der Waals surface area contributed by atoms with Gasteiger partial charge in [-0.05, 0) is 24.6 Å². The highest BCUT2D eigenvalue weighted by molar-refractivity contribution is 5.85. The Morgan fingerprint density at radius 3 is 2.29 bits per heavy atom. The third-order valence-electron chi connectivity index (χ3n) is 3.63. The van der Waals surface area contributed by atoms with Gasteiger partial charge in [-0.2, -0.15) is 13.2 Å². The summed E-state index contributed by atoms with van der Waals surface area (Å²) in [6.45, 7) is 4.07. The van der Waals surface area contributed by atoms with Crippen LogP contribution in [0.25, 0.3) is 0 Å². The topological polar surface area (TPSA) is 33.7 Å². The fraction of sp³-hybridized carbons (Fsp3) is 0.600. The number of piperazine rings is 1. The van der Waals surface area contributed by atoms with Crippen molar-refractivity contribution in [3.63, 3.8) is 0 Å². The van der Waals surface area contributed by atoms with Gasteiger partial charge in [-0.1, -0.05) is 6.07 Å². The average Bonchev–Trinajstić information content (AvgIpc) is 2.49. The summed E-state index contributed by atoms with van der Waals surface area (Å²) in [4.78, 5) is 1.45. The van der Waals surface area contributed by atoms with Gasteiger partial charge in [-0.25, -0.2) is 0 Å². The van der Waals surface area contributed by atoms with Gasteiger partial charge in [0.1, 0.15) is 6.04 Å². The molecule has 1 aromatic rings. The first-order chi connectivity index (χ1) is 10.5. The van der Waals surface area contributed by atoms with Gasteiger partial charge >= 0.3 is 6.18 Å². The molecule has 1 fully saturated rings. The first-order valence-electron chi connectivity index (χ1n) is 7.29. The highest BCUT2D eigenvalue weighted by Gasteiger charge is 2.45. The molecule has 0 radical (unpaired) electrons. The van der Waals surface area contributed by atoms with E-state index in [2.05, 4.69) is 5.32 Å². The number of ether oxygens (including phenoxy) is 2.